The van der Waals surface area contributed by atoms with E-state index in [0.717, 1.165) is 56.3 Å². The number of carbonyl (C=O) groups excluding carboxylic acids is 1. The van der Waals surface area contributed by atoms with E-state index in [1.807, 2.05) is 4.90 Å². The fourth-order valence-electron chi connectivity index (χ4n) is 4.33. The van der Waals surface area contributed by atoms with Gasteiger partial charge in [0.1, 0.15) is 11.5 Å². The Morgan fingerprint density at radius 1 is 1.19 bits per heavy atom. The van der Waals surface area contributed by atoms with Crippen LogP contribution in [0.4, 0.5) is 10.3 Å². The molecule has 0 spiro atoms. The predicted molar refractivity (Wildman–Crippen MR) is 119 cm³/mol. The summed E-state index contributed by atoms with van der Waals surface area (Å²) in [5.74, 6) is 0.676. The largest absolute Gasteiger partial charge is 0.385 e. The first-order valence-corrected chi connectivity index (χ1v) is 11.4. The zero-order valence-corrected chi connectivity index (χ0v) is 18.9. The number of amides is 1. The Hall–Kier alpha value is -2.41. The van der Waals surface area contributed by atoms with Crippen molar-refractivity contribution in [2.45, 2.75) is 52.5 Å². The summed E-state index contributed by atoms with van der Waals surface area (Å²) in [5.41, 5.74) is 2.32. The molecule has 1 aromatic heterocycles. The Balaban J connectivity index is 1.96. The van der Waals surface area contributed by atoms with Crippen molar-refractivity contribution < 1.29 is 18.4 Å². The first-order valence-electron chi connectivity index (χ1n) is 11.4. The molecule has 1 amide bonds. The lowest BCUT2D eigenvalue weighted by atomic mass is 10.0. The van der Waals surface area contributed by atoms with Gasteiger partial charge in [-0.3, -0.25) is 4.79 Å². The van der Waals surface area contributed by atoms with E-state index in [0.29, 0.717) is 31.3 Å². The van der Waals surface area contributed by atoms with Crippen LogP contribution in [-0.4, -0.2) is 49.3 Å². The molecular formula is C24H34FN3O3. The van der Waals surface area contributed by atoms with Crippen LogP contribution in [0.3, 0.4) is 0 Å². The molecule has 1 aliphatic carbocycles. The predicted octanol–water partition coefficient (Wildman–Crippen LogP) is 4.88. The van der Waals surface area contributed by atoms with Gasteiger partial charge in [0.15, 0.2) is 0 Å². The van der Waals surface area contributed by atoms with Crippen LogP contribution in [0.2, 0.25) is 0 Å². The van der Waals surface area contributed by atoms with E-state index in [-0.39, 0.29) is 17.6 Å². The molecule has 1 aromatic carbocycles. The van der Waals surface area contributed by atoms with Gasteiger partial charge in [-0.15, -0.1) is 0 Å². The van der Waals surface area contributed by atoms with Crippen molar-refractivity contribution in [3.8, 4) is 11.3 Å². The smallest absolute Gasteiger partial charge is 0.232 e. The molecule has 1 heterocycles. The zero-order chi connectivity index (χ0) is 22.2. The maximum absolute atomic E-state index is 13.5. The van der Waals surface area contributed by atoms with E-state index in [4.69, 9.17) is 9.26 Å². The Bertz CT molecular complexity index is 827. The first kappa shape index (κ1) is 23.3. The monoisotopic (exact) mass is 431 g/mol. The minimum atomic E-state index is -0.296. The van der Waals surface area contributed by atoms with Crippen molar-refractivity contribution in [3.63, 3.8) is 0 Å². The lowest BCUT2D eigenvalue weighted by molar-refractivity contribution is -0.136. The van der Waals surface area contributed by atoms with Crippen molar-refractivity contribution in [1.29, 1.82) is 0 Å². The van der Waals surface area contributed by atoms with Crippen molar-refractivity contribution in [3.05, 3.63) is 35.6 Å². The topological polar surface area (TPSA) is 58.8 Å². The highest BCUT2D eigenvalue weighted by molar-refractivity contribution is 5.80. The Labute approximate surface area is 184 Å². The highest BCUT2D eigenvalue weighted by Crippen LogP contribution is 2.34. The molecular weight excluding hydrogens is 397 g/mol. The molecule has 0 radical (unpaired) electrons. The van der Waals surface area contributed by atoms with Gasteiger partial charge in [0.05, 0.1) is 12.1 Å². The molecule has 1 saturated carbocycles. The Kier molecular flexibility index (Phi) is 8.46. The second-order valence-corrected chi connectivity index (χ2v) is 8.08. The summed E-state index contributed by atoms with van der Waals surface area (Å²) in [7, 11) is 1.67. The van der Waals surface area contributed by atoms with Crippen LogP contribution in [0.15, 0.2) is 28.8 Å². The van der Waals surface area contributed by atoms with Crippen LogP contribution in [0.1, 0.15) is 51.5 Å². The normalized spacial score (nSPS) is 14.2. The SMILES string of the molecule is CCN(CC)c1onc(-c2ccc(F)cc2)c1CN(CCCOC)C(=O)C1CCCC1. The molecule has 7 heteroatoms. The lowest BCUT2D eigenvalue weighted by Gasteiger charge is -2.27. The third kappa shape index (κ3) is 5.64. The summed E-state index contributed by atoms with van der Waals surface area (Å²) >= 11 is 0. The van der Waals surface area contributed by atoms with E-state index in [2.05, 4.69) is 23.9 Å². The van der Waals surface area contributed by atoms with Gasteiger partial charge in [0.25, 0.3) is 0 Å². The molecule has 1 aliphatic rings. The van der Waals surface area contributed by atoms with Crippen molar-refractivity contribution in [2.24, 2.45) is 5.92 Å². The number of carbonyl (C=O) groups is 1. The Morgan fingerprint density at radius 3 is 2.48 bits per heavy atom. The zero-order valence-electron chi connectivity index (χ0n) is 18.9. The number of ether oxygens (including phenoxy) is 1. The van der Waals surface area contributed by atoms with Gasteiger partial charge in [0.2, 0.25) is 11.8 Å². The van der Waals surface area contributed by atoms with Gasteiger partial charge in [-0.25, -0.2) is 4.39 Å². The molecule has 0 bridgehead atoms. The number of halogens is 1. The molecule has 0 aliphatic heterocycles. The van der Waals surface area contributed by atoms with Gasteiger partial charge in [-0.2, -0.15) is 0 Å². The Morgan fingerprint density at radius 2 is 1.87 bits per heavy atom. The summed E-state index contributed by atoms with van der Waals surface area (Å²) in [5, 5.41) is 4.34. The molecule has 6 nitrogen and oxygen atoms in total. The van der Waals surface area contributed by atoms with Crippen LogP contribution in [0, 0.1) is 11.7 Å². The van der Waals surface area contributed by atoms with Crippen LogP contribution in [0.25, 0.3) is 11.3 Å². The number of hydrogen-bond donors (Lipinski definition) is 0. The van der Waals surface area contributed by atoms with Gasteiger partial charge < -0.3 is 19.1 Å². The lowest BCUT2D eigenvalue weighted by Crippen LogP contribution is -2.36. The molecule has 0 N–H and O–H groups in total. The average Bonchev–Trinajstić information content (AvgIpc) is 3.45. The molecule has 0 unspecified atom stereocenters. The third-order valence-electron chi connectivity index (χ3n) is 6.08. The summed E-state index contributed by atoms with van der Waals surface area (Å²) in [6.07, 6.45) is 4.91. The average molecular weight is 432 g/mol. The van der Waals surface area contributed by atoms with Crippen molar-refractivity contribution in [1.82, 2.24) is 10.1 Å². The number of rotatable bonds is 11. The second kappa shape index (κ2) is 11.3. The number of benzene rings is 1. The maximum Gasteiger partial charge on any atom is 0.232 e. The number of nitrogens with zero attached hydrogens (tertiary/aromatic N) is 3. The third-order valence-corrected chi connectivity index (χ3v) is 6.08. The van der Waals surface area contributed by atoms with Gasteiger partial charge in [0, 0.05) is 44.8 Å². The molecule has 0 saturated heterocycles. The number of anilines is 1. The highest BCUT2D eigenvalue weighted by Gasteiger charge is 2.30. The van der Waals surface area contributed by atoms with Gasteiger partial charge in [-0.05, 0) is 57.4 Å². The number of aromatic nitrogens is 1. The maximum atomic E-state index is 13.5. The fraction of sp³-hybridized carbons (Fsp3) is 0.583. The minimum absolute atomic E-state index is 0.0913. The highest BCUT2D eigenvalue weighted by atomic mass is 19.1. The van der Waals surface area contributed by atoms with Crippen LogP contribution in [0.5, 0.6) is 0 Å². The van der Waals surface area contributed by atoms with Gasteiger partial charge in [-0.1, -0.05) is 18.0 Å². The van der Waals surface area contributed by atoms with E-state index in [1.54, 1.807) is 19.2 Å². The standard InChI is InChI=1S/C24H34FN3O3/c1-4-27(5-2)24-21(22(26-31-24)18-11-13-20(25)14-12-18)17-28(15-8-16-30-3)23(29)19-9-6-7-10-19/h11-14,19H,4-10,15-17H2,1-3H3. The van der Waals surface area contributed by atoms with Crippen molar-refractivity contribution >= 4 is 11.8 Å². The van der Waals surface area contributed by atoms with Crippen LogP contribution < -0.4 is 4.90 Å². The van der Waals surface area contributed by atoms with E-state index >= 15 is 0 Å². The summed E-state index contributed by atoms with van der Waals surface area (Å²) in [4.78, 5) is 17.4. The summed E-state index contributed by atoms with van der Waals surface area (Å²) in [6.45, 7) is 7.30. The van der Waals surface area contributed by atoms with Crippen molar-refractivity contribution in [2.75, 3.05) is 38.3 Å². The molecule has 170 valence electrons. The molecule has 1 fully saturated rings. The first-order chi connectivity index (χ1) is 15.1. The molecule has 2 aromatic rings. The fourth-order valence-corrected chi connectivity index (χ4v) is 4.33. The summed E-state index contributed by atoms with van der Waals surface area (Å²) < 4.78 is 24.5. The summed E-state index contributed by atoms with van der Waals surface area (Å²) in [6, 6.07) is 6.25. The number of methoxy groups -OCH3 is 1. The van der Waals surface area contributed by atoms with E-state index in [1.165, 1.54) is 12.1 Å². The second-order valence-electron chi connectivity index (χ2n) is 8.08. The molecule has 0 atom stereocenters. The molecule has 31 heavy (non-hydrogen) atoms. The van der Waals surface area contributed by atoms with E-state index in [9.17, 15) is 9.18 Å². The van der Waals surface area contributed by atoms with Crippen LogP contribution in [-0.2, 0) is 16.1 Å². The van der Waals surface area contributed by atoms with Crippen LogP contribution >= 0.6 is 0 Å². The quantitative estimate of drug-likeness (QED) is 0.475. The van der Waals surface area contributed by atoms with E-state index < -0.39 is 0 Å². The number of hydrogen-bond acceptors (Lipinski definition) is 5. The van der Waals surface area contributed by atoms with Gasteiger partial charge >= 0.3 is 0 Å². The molecule has 3 rings (SSSR count). The minimum Gasteiger partial charge on any atom is -0.385 e.